The summed E-state index contributed by atoms with van der Waals surface area (Å²) in [4.78, 5) is 36.3. The van der Waals surface area contributed by atoms with E-state index in [1.165, 1.54) is 6.08 Å². The van der Waals surface area contributed by atoms with Crippen molar-refractivity contribution in [2.75, 3.05) is 19.8 Å². The number of nitrogens with one attached hydrogen (secondary N) is 1. The molecule has 0 aromatic carbocycles. The normalized spacial score (nSPS) is 22.2. The van der Waals surface area contributed by atoms with Gasteiger partial charge in [0, 0.05) is 38.2 Å². The Morgan fingerprint density at radius 1 is 1.45 bits per heavy atom. The van der Waals surface area contributed by atoms with Crippen LogP contribution >= 0.6 is 0 Å². The molecule has 0 unspecified atom stereocenters. The van der Waals surface area contributed by atoms with Crippen LogP contribution in [-0.2, 0) is 14.3 Å². The van der Waals surface area contributed by atoms with E-state index >= 15 is 0 Å². The van der Waals surface area contributed by atoms with Gasteiger partial charge in [-0.15, -0.1) is 0 Å². The third-order valence-corrected chi connectivity index (χ3v) is 3.77. The van der Waals surface area contributed by atoms with Crippen molar-refractivity contribution >= 4 is 17.9 Å². The second-order valence-corrected chi connectivity index (χ2v) is 4.93. The number of urea groups is 1. The molecule has 7 nitrogen and oxygen atoms in total. The van der Waals surface area contributed by atoms with Gasteiger partial charge in [0.2, 0.25) is 0 Å². The molecule has 0 radical (unpaired) electrons. The van der Waals surface area contributed by atoms with Crippen LogP contribution in [-0.4, -0.2) is 53.2 Å². The van der Waals surface area contributed by atoms with Gasteiger partial charge in [-0.25, -0.2) is 9.59 Å². The van der Waals surface area contributed by atoms with Crippen molar-refractivity contribution in [1.29, 1.82) is 0 Å². The van der Waals surface area contributed by atoms with Crippen LogP contribution in [0, 0.1) is 0 Å². The Bertz CT molecular complexity index is 465. The molecule has 2 rings (SSSR count). The average Bonchev–Trinajstić information content (AvgIpc) is 2.64. The number of amides is 3. The molecule has 0 aromatic heterocycles. The van der Waals surface area contributed by atoms with Crippen LogP contribution in [0.2, 0.25) is 0 Å². The maximum absolute atomic E-state index is 12.4. The van der Waals surface area contributed by atoms with Crippen LogP contribution in [0.25, 0.3) is 0 Å². The van der Waals surface area contributed by atoms with Crippen molar-refractivity contribution in [3.05, 3.63) is 11.6 Å². The quantitative estimate of drug-likeness (QED) is 0.578. The molecule has 7 heteroatoms. The summed E-state index contributed by atoms with van der Waals surface area (Å²) in [5.41, 5.74) is -0.669. The molecule has 2 fully saturated rings. The number of carboxylic acid groups (broad SMARTS) is 1. The molecule has 0 bridgehead atoms. The van der Waals surface area contributed by atoms with E-state index in [1.807, 2.05) is 0 Å². The van der Waals surface area contributed by atoms with Crippen molar-refractivity contribution in [1.82, 2.24) is 10.2 Å². The Morgan fingerprint density at radius 3 is 2.65 bits per heavy atom. The van der Waals surface area contributed by atoms with Gasteiger partial charge in [0.05, 0.1) is 0 Å². The summed E-state index contributed by atoms with van der Waals surface area (Å²) in [5.74, 6) is -1.32. The molecular formula is C13H18N2O5. The lowest BCUT2D eigenvalue weighted by Gasteiger charge is -2.30. The summed E-state index contributed by atoms with van der Waals surface area (Å²) in [7, 11) is 0. The summed E-state index contributed by atoms with van der Waals surface area (Å²) < 4.78 is 5.21. The van der Waals surface area contributed by atoms with Crippen LogP contribution in [0.3, 0.4) is 0 Å². The Kier molecular flexibility index (Phi) is 4.08. The highest BCUT2D eigenvalue weighted by Gasteiger charge is 2.51. The first-order chi connectivity index (χ1) is 9.50. The number of ether oxygens (including phenoxy) is 1. The zero-order chi connectivity index (χ0) is 14.8. The third-order valence-electron chi connectivity index (χ3n) is 3.77. The summed E-state index contributed by atoms with van der Waals surface area (Å²) in [6, 6.07) is -0.464. The summed E-state index contributed by atoms with van der Waals surface area (Å²) in [6.45, 7) is 2.57. The number of nitrogens with zero attached hydrogens (tertiary/aromatic N) is 1. The maximum atomic E-state index is 12.4. The fraction of sp³-hybridized carbons (Fsp3) is 0.615. The molecule has 2 saturated heterocycles. The van der Waals surface area contributed by atoms with E-state index in [0.717, 1.165) is 4.90 Å². The molecule has 0 aliphatic carbocycles. The van der Waals surface area contributed by atoms with Crippen LogP contribution in [0.1, 0.15) is 26.2 Å². The number of aliphatic carboxylic acids is 1. The average molecular weight is 282 g/mol. The highest BCUT2D eigenvalue weighted by atomic mass is 16.5. The van der Waals surface area contributed by atoms with Crippen molar-refractivity contribution in [3.8, 4) is 0 Å². The summed E-state index contributed by atoms with van der Waals surface area (Å²) in [6.07, 6.45) is 2.67. The van der Waals surface area contributed by atoms with Crippen molar-refractivity contribution < 1.29 is 24.2 Å². The molecule has 2 aliphatic heterocycles. The lowest BCUT2D eigenvalue weighted by atomic mass is 9.90. The smallest absolute Gasteiger partial charge is 0.331 e. The Labute approximate surface area is 116 Å². The third kappa shape index (κ3) is 2.53. The number of rotatable bonds is 4. The zero-order valence-corrected chi connectivity index (χ0v) is 11.3. The van der Waals surface area contributed by atoms with E-state index in [0.29, 0.717) is 32.5 Å². The van der Waals surface area contributed by atoms with Gasteiger partial charge >= 0.3 is 12.0 Å². The van der Waals surface area contributed by atoms with Gasteiger partial charge in [-0.3, -0.25) is 9.69 Å². The molecule has 1 spiro atoms. The molecule has 0 atom stereocenters. The highest BCUT2D eigenvalue weighted by molar-refractivity contribution is 6.07. The van der Waals surface area contributed by atoms with Crippen LogP contribution < -0.4 is 5.32 Å². The Morgan fingerprint density at radius 2 is 2.10 bits per heavy atom. The van der Waals surface area contributed by atoms with E-state index in [1.54, 1.807) is 6.92 Å². The molecule has 110 valence electrons. The van der Waals surface area contributed by atoms with E-state index < -0.39 is 17.5 Å². The van der Waals surface area contributed by atoms with Crippen LogP contribution in [0.15, 0.2) is 11.6 Å². The molecule has 20 heavy (non-hydrogen) atoms. The lowest BCUT2D eigenvalue weighted by Crippen LogP contribution is -2.51. The SMILES string of the molecule is CCC(=CCN1C(=O)NC2(CCOCC2)C1=O)C(=O)O. The predicted molar refractivity (Wildman–Crippen MR) is 69.0 cm³/mol. The standard InChI is InChI=1S/C13H18N2O5/c1-2-9(10(16)17)3-6-15-11(18)13(14-12(15)19)4-7-20-8-5-13/h3H,2,4-8H2,1H3,(H,14,19)(H,16,17). The second-order valence-electron chi connectivity index (χ2n) is 4.93. The van der Waals surface area contributed by atoms with Gasteiger partial charge in [0.25, 0.3) is 5.91 Å². The van der Waals surface area contributed by atoms with Crippen molar-refractivity contribution in [2.45, 2.75) is 31.7 Å². The van der Waals surface area contributed by atoms with Crippen molar-refractivity contribution in [2.24, 2.45) is 0 Å². The topological polar surface area (TPSA) is 95.9 Å². The Hall–Kier alpha value is -1.89. The first-order valence-electron chi connectivity index (χ1n) is 6.64. The minimum absolute atomic E-state index is 0.0112. The van der Waals surface area contributed by atoms with Crippen LogP contribution in [0.4, 0.5) is 4.79 Å². The van der Waals surface area contributed by atoms with Gasteiger partial charge in [-0.05, 0) is 6.42 Å². The van der Waals surface area contributed by atoms with Gasteiger partial charge < -0.3 is 15.2 Å². The van der Waals surface area contributed by atoms with Crippen molar-refractivity contribution in [3.63, 3.8) is 0 Å². The van der Waals surface area contributed by atoms with E-state index in [2.05, 4.69) is 5.32 Å². The molecule has 2 heterocycles. The van der Waals surface area contributed by atoms with E-state index in [9.17, 15) is 14.4 Å². The number of hydrogen-bond acceptors (Lipinski definition) is 4. The van der Waals surface area contributed by atoms with Gasteiger partial charge in [-0.1, -0.05) is 13.0 Å². The molecule has 0 aromatic rings. The Balaban J connectivity index is 2.11. The van der Waals surface area contributed by atoms with E-state index in [-0.39, 0.29) is 18.0 Å². The van der Waals surface area contributed by atoms with Gasteiger partial charge in [0.15, 0.2) is 0 Å². The minimum Gasteiger partial charge on any atom is -0.478 e. The number of carbonyl (C=O) groups is 3. The molecule has 3 amide bonds. The number of carbonyl (C=O) groups excluding carboxylic acids is 2. The molecule has 2 aliphatic rings. The minimum atomic E-state index is -1.03. The zero-order valence-electron chi connectivity index (χ0n) is 11.3. The summed E-state index contributed by atoms with van der Waals surface area (Å²) in [5, 5.41) is 11.7. The second kappa shape index (κ2) is 5.62. The predicted octanol–water partition coefficient (Wildman–Crippen LogP) is 0.508. The number of imide groups is 1. The van der Waals surface area contributed by atoms with Gasteiger partial charge in [-0.2, -0.15) is 0 Å². The molecule has 0 saturated carbocycles. The monoisotopic (exact) mass is 282 g/mol. The largest absolute Gasteiger partial charge is 0.478 e. The number of carboxylic acids is 1. The molecule has 2 N–H and O–H groups in total. The fourth-order valence-electron chi connectivity index (χ4n) is 2.49. The number of hydrogen-bond donors (Lipinski definition) is 2. The van der Waals surface area contributed by atoms with E-state index in [4.69, 9.17) is 9.84 Å². The fourth-order valence-corrected chi connectivity index (χ4v) is 2.49. The summed E-state index contributed by atoms with van der Waals surface area (Å²) >= 11 is 0. The molecular weight excluding hydrogens is 264 g/mol. The van der Waals surface area contributed by atoms with Gasteiger partial charge in [0.1, 0.15) is 5.54 Å². The first kappa shape index (κ1) is 14.5. The highest BCUT2D eigenvalue weighted by Crippen LogP contribution is 2.28. The first-order valence-corrected chi connectivity index (χ1v) is 6.64. The van der Waals surface area contributed by atoms with Crippen LogP contribution in [0.5, 0.6) is 0 Å². The lowest BCUT2D eigenvalue weighted by molar-refractivity contribution is -0.135. The maximum Gasteiger partial charge on any atom is 0.331 e.